The van der Waals surface area contributed by atoms with Gasteiger partial charge in [-0.1, -0.05) is 0 Å². The van der Waals surface area contributed by atoms with Gasteiger partial charge in [0.05, 0.1) is 0 Å². The van der Waals surface area contributed by atoms with Crippen LogP contribution in [0.15, 0.2) is 6.58 Å². The van der Waals surface area contributed by atoms with Crippen LogP contribution in [0.4, 0.5) is 0 Å². The fourth-order valence-electron chi connectivity index (χ4n) is 0. The zero-order chi connectivity index (χ0) is 2.00. The van der Waals surface area contributed by atoms with Crippen molar-refractivity contribution in [2.45, 2.75) is 0 Å². The Hall–Kier alpha value is 0.428. The number of hydrogen-bond donors (Lipinski definition) is 0. The summed E-state index contributed by atoms with van der Waals surface area (Å²) < 4.78 is 0. The molecular weight excluding hydrogens is 220 g/mol. The molecule has 0 heterocycles. The average Bonchev–Trinajstić information content (AvgIpc) is 1.00. The van der Waals surface area contributed by atoms with Crippen molar-refractivity contribution >= 4 is 0 Å². The van der Waals surface area contributed by atoms with Gasteiger partial charge >= 0.3 is 21.1 Å². The second kappa shape index (κ2) is 110. The van der Waals surface area contributed by atoms with Gasteiger partial charge in [0.25, 0.3) is 0 Å². The van der Waals surface area contributed by atoms with Crippen molar-refractivity contribution in [2.24, 2.45) is 0 Å². The molecule has 0 bridgehead atoms. The minimum atomic E-state index is 0. The first-order chi connectivity index (χ1) is 1.00. The van der Waals surface area contributed by atoms with Gasteiger partial charge in [-0.05, 0) is 0 Å². The quantitative estimate of drug-likeness (QED) is 0.541. The Labute approximate surface area is 42.2 Å². The van der Waals surface area contributed by atoms with Crippen LogP contribution in [-0.2, 0) is 21.1 Å². The van der Waals surface area contributed by atoms with Crippen molar-refractivity contribution in [2.75, 3.05) is 0 Å². The first-order valence-corrected chi connectivity index (χ1v) is 0.408. The first-order valence-electron chi connectivity index (χ1n) is 0.408. The van der Waals surface area contributed by atoms with Crippen LogP contribution in [0, 0.1) is 14.0 Å². The van der Waals surface area contributed by atoms with E-state index in [0.29, 0.717) is 0 Å². The molecule has 0 aromatic carbocycles. The molecule has 0 aliphatic carbocycles. The Kier molecular flexibility index (Phi) is 703. The van der Waals surface area contributed by atoms with E-state index >= 15 is 0 Å². The van der Waals surface area contributed by atoms with Crippen molar-refractivity contribution in [3.63, 3.8) is 0 Å². The van der Waals surface area contributed by atoms with Gasteiger partial charge in [0, 0.05) is 0 Å². The Morgan fingerprint density at radius 3 is 1.25 bits per heavy atom. The van der Waals surface area contributed by atoms with Crippen LogP contribution in [0.1, 0.15) is 0 Å². The Balaban J connectivity index is -0.00000000500. The van der Waals surface area contributed by atoms with Gasteiger partial charge in [-0.15, -0.1) is 0 Å². The summed E-state index contributed by atoms with van der Waals surface area (Å²) in [5.41, 5.74) is 0. The second-order valence-electron chi connectivity index (χ2n) is 0. The van der Waals surface area contributed by atoms with Crippen LogP contribution in [0.5, 0.6) is 0 Å². The molecule has 0 spiro atoms. The van der Waals surface area contributed by atoms with Crippen LogP contribution >= 0.6 is 0 Å². The first kappa shape index (κ1) is 25.5. The monoisotopic (exact) mass is 226 g/mol. The molecule has 0 unspecified atom stereocenters. The zero-order valence-electron chi connectivity index (χ0n) is 2.69. The molecule has 4 heavy (non-hydrogen) atoms. The third-order valence-corrected chi connectivity index (χ3v) is 0. The normalized spacial score (nSPS) is 1.00. The van der Waals surface area contributed by atoms with E-state index in [1.54, 1.807) is 0 Å². The van der Waals surface area contributed by atoms with Crippen LogP contribution in [0.2, 0.25) is 0 Å². The zero-order valence-corrected chi connectivity index (χ0v) is 5.63. The summed E-state index contributed by atoms with van der Waals surface area (Å²) in [5, 5.41) is 0. The van der Waals surface area contributed by atoms with E-state index in [-0.39, 0.29) is 28.5 Å². The standard InChI is InChI=1S/C2H3.CH3.W/c1-2;;/h1H,2H2;1H3;/q2*-1;+2. The summed E-state index contributed by atoms with van der Waals surface area (Å²) in [6.07, 6.45) is 0. The summed E-state index contributed by atoms with van der Waals surface area (Å²) in [5.74, 6) is 0. The minimum absolute atomic E-state index is 0. The minimum Gasteiger partial charge on any atom is -0.521 e. The molecule has 0 aromatic heterocycles. The molecule has 0 aliphatic heterocycles. The van der Waals surface area contributed by atoms with E-state index in [1.807, 2.05) is 0 Å². The largest absolute Gasteiger partial charge is 2.00 e. The van der Waals surface area contributed by atoms with Crippen molar-refractivity contribution in [1.82, 2.24) is 0 Å². The Bertz CT molecular complexity index is 3.25. The van der Waals surface area contributed by atoms with Crippen molar-refractivity contribution < 1.29 is 21.1 Å². The van der Waals surface area contributed by atoms with E-state index in [0.717, 1.165) is 0 Å². The smallest absolute Gasteiger partial charge is 0.521 e. The van der Waals surface area contributed by atoms with Crippen LogP contribution in [0.25, 0.3) is 0 Å². The van der Waals surface area contributed by atoms with E-state index in [2.05, 4.69) is 13.2 Å². The van der Waals surface area contributed by atoms with Gasteiger partial charge in [0.1, 0.15) is 0 Å². The van der Waals surface area contributed by atoms with Crippen molar-refractivity contribution in [3.05, 3.63) is 20.6 Å². The third-order valence-electron chi connectivity index (χ3n) is 0. The summed E-state index contributed by atoms with van der Waals surface area (Å²) in [6, 6.07) is 0. The van der Waals surface area contributed by atoms with Crippen LogP contribution < -0.4 is 0 Å². The van der Waals surface area contributed by atoms with Gasteiger partial charge < -0.3 is 14.0 Å². The topological polar surface area (TPSA) is 0 Å². The van der Waals surface area contributed by atoms with E-state index < -0.39 is 0 Å². The number of rotatable bonds is 0. The van der Waals surface area contributed by atoms with Crippen molar-refractivity contribution in [3.8, 4) is 0 Å². The molecule has 0 fully saturated rings. The molecule has 0 rings (SSSR count). The molecule has 0 aromatic rings. The third kappa shape index (κ3) is 27.0. The van der Waals surface area contributed by atoms with Gasteiger partial charge in [-0.25, -0.2) is 0 Å². The fraction of sp³-hybridized carbons (Fsp3) is 0. The SMILES string of the molecule is [CH-]=C.[CH3-].[W+2]. The second-order valence-corrected chi connectivity index (χ2v) is 0. The maximum absolute atomic E-state index is 4.25. The summed E-state index contributed by atoms with van der Waals surface area (Å²) >= 11 is 0. The Morgan fingerprint density at radius 1 is 1.25 bits per heavy atom. The molecule has 1 heteroatoms. The number of hydrogen-bond acceptors (Lipinski definition) is 0. The van der Waals surface area contributed by atoms with Gasteiger partial charge in [0.15, 0.2) is 0 Å². The fourth-order valence-corrected chi connectivity index (χ4v) is 0. The van der Waals surface area contributed by atoms with Crippen LogP contribution in [0.3, 0.4) is 0 Å². The predicted octanol–water partition coefficient (Wildman–Crippen LogP) is 1.05. The summed E-state index contributed by atoms with van der Waals surface area (Å²) in [4.78, 5) is 0. The van der Waals surface area contributed by atoms with Gasteiger partial charge in [0.2, 0.25) is 0 Å². The average molecular weight is 226 g/mol. The van der Waals surface area contributed by atoms with E-state index in [4.69, 9.17) is 0 Å². The van der Waals surface area contributed by atoms with Crippen LogP contribution in [-0.4, -0.2) is 0 Å². The molecule has 0 saturated carbocycles. The molecule has 0 amide bonds. The molecule has 0 saturated heterocycles. The molecule has 0 aliphatic rings. The van der Waals surface area contributed by atoms with Gasteiger partial charge in [-0.3, -0.25) is 6.58 Å². The van der Waals surface area contributed by atoms with Crippen molar-refractivity contribution in [1.29, 1.82) is 0 Å². The molecule has 0 radical (unpaired) electrons. The van der Waals surface area contributed by atoms with E-state index in [1.165, 1.54) is 0 Å². The summed E-state index contributed by atoms with van der Waals surface area (Å²) in [6.45, 7) is 7.00. The molecular formula is C3H6W. The summed E-state index contributed by atoms with van der Waals surface area (Å²) in [7, 11) is 0. The molecule has 24 valence electrons. The maximum Gasteiger partial charge on any atom is 2.00 e. The predicted molar refractivity (Wildman–Crippen MR) is 16.3 cm³/mol. The molecule has 0 nitrogen and oxygen atoms in total. The van der Waals surface area contributed by atoms with E-state index in [9.17, 15) is 0 Å². The maximum atomic E-state index is 4.25. The Morgan fingerprint density at radius 2 is 1.25 bits per heavy atom. The molecule has 0 atom stereocenters. The van der Waals surface area contributed by atoms with Gasteiger partial charge in [-0.2, -0.15) is 0 Å². The molecule has 0 N–H and O–H groups in total.